The summed E-state index contributed by atoms with van der Waals surface area (Å²) in [6, 6.07) is 2.04. The molecule has 2 aromatic rings. The molecule has 16 heteroatoms. The number of nitrogens with one attached hydrogen (secondary N) is 1. The molecule has 2 aromatic heterocycles. The summed E-state index contributed by atoms with van der Waals surface area (Å²) in [5, 5.41) is 29.0. The van der Waals surface area contributed by atoms with Gasteiger partial charge in [-0.3, -0.25) is 9.13 Å². The third kappa shape index (κ3) is 5.31. The smallest absolute Gasteiger partial charge is 0.340 e. The lowest BCUT2D eigenvalue weighted by Gasteiger charge is -2.24. The zero-order valence-electron chi connectivity index (χ0n) is 18.4. The Bertz CT molecular complexity index is 1210. The molecule has 0 amide bonds. The molecule has 13 nitrogen and oxygen atoms in total. The number of aliphatic hydroxyl groups is 2. The molecule has 5 rings (SSSR count). The van der Waals surface area contributed by atoms with Crippen LogP contribution in [0.2, 0.25) is 5.15 Å². The molecule has 0 spiro atoms. The molecule has 3 fully saturated rings. The molecule has 8 atom stereocenters. The van der Waals surface area contributed by atoms with Gasteiger partial charge in [-0.05, 0) is 31.1 Å². The summed E-state index contributed by atoms with van der Waals surface area (Å²) in [6.07, 6.45) is 0.907. The van der Waals surface area contributed by atoms with Crippen LogP contribution in [0.5, 0.6) is 0 Å². The van der Waals surface area contributed by atoms with Crippen molar-refractivity contribution in [3.05, 3.63) is 23.2 Å². The molecule has 2 aliphatic carbocycles. The summed E-state index contributed by atoms with van der Waals surface area (Å²) in [5.74, 6) is 0.138. The van der Waals surface area contributed by atoms with Gasteiger partial charge in [0.05, 0.1) is 18.5 Å². The van der Waals surface area contributed by atoms with E-state index in [1.165, 1.54) is 23.8 Å². The molecule has 0 radical (unpaired) electrons. The minimum atomic E-state index is -4.81. The van der Waals surface area contributed by atoms with E-state index >= 15 is 0 Å². The van der Waals surface area contributed by atoms with Crippen LogP contribution in [0.1, 0.15) is 37.6 Å². The van der Waals surface area contributed by atoms with E-state index in [4.69, 9.17) is 30.6 Å². The standard InChI is InChI=1S/C19H27ClN4O9P2/c20-15-5-12(22-11-4-9-1-2-10(11)3-9)13-6-21-19(24(13)23-15)18-17(26)16(25)14(33-18)7-32-35(30,31)8-34(27,28)29/h5-6,9-11,14,16-18,22,25-26H,1-4,7-8H2,(H,30,31)(H2,27,28,29)/t9?,10?,11?,14-,16-,17-,18-/m1/s1. The number of nitrogens with zero attached hydrogens (tertiary/aromatic N) is 3. The second kappa shape index (κ2) is 9.33. The molecule has 194 valence electrons. The van der Waals surface area contributed by atoms with Crippen LogP contribution in [0.3, 0.4) is 0 Å². The molecule has 2 saturated carbocycles. The number of hydrogen-bond donors (Lipinski definition) is 6. The summed E-state index contributed by atoms with van der Waals surface area (Å²) in [7, 11) is -9.47. The fraction of sp³-hybridized carbons (Fsp3) is 0.684. The molecule has 1 aliphatic heterocycles. The quantitative estimate of drug-likeness (QED) is 0.258. The molecule has 0 aromatic carbocycles. The highest BCUT2D eigenvalue weighted by Gasteiger charge is 2.47. The number of rotatable bonds is 8. The number of halogens is 1. The van der Waals surface area contributed by atoms with E-state index in [0.717, 1.165) is 18.0 Å². The minimum Gasteiger partial charge on any atom is -0.387 e. The van der Waals surface area contributed by atoms with Gasteiger partial charge in [-0.2, -0.15) is 5.10 Å². The molecule has 35 heavy (non-hydrogen) atoms. The van der Waals surface area contributed by atoms with Gasteiger partial charge in [-0.1, -0.05) is 18.0 Å². The maximum Gasteiger partial charge on any atom is 0.340 e. The van der Waals surface area contributed by atoms with Crippen LogP contribution in [0.25, 0.3) is 5.52 Å². The lowest BCUT2D eigenvalue weighted by atomic mass is 9.95. The first-order valence-electron chi connectivity index (χ1n) is 11.2. The van der Waals surface area contributed by atoms with E-state index in [2.05, 4.69) is 15.4 Å². The highest BCUT2D eigenvalue weighted by molar-refractivity contribution is 7.70. The van der Waals surface area contributed by atoms with Crippen LogP contribution in [0.4, 0.5) is 5.69 Å². The summed E-state index contributed by atoms with van der Waals surface area (Å²) < 4.78 is 34.8. The van der Waals surface area contributed by atoms with Crippen molar-refractivity contribution < 1.29 is 43.3 Å². The van der Waals surface area contributed by atoms with Crippen molar-refractivity contribution in [1.29, 1.82) is 0 Å². The molecule has 6 N–H and O–H groups in total. The van der Waals surface area contributed by atoms with Gasteiger partial charge >= 0.3 is 15.2 Å². The lowest BCUT2D eigenvalue weighted by molar-refractivity contribution is -0.0217. The van der Waals surface area contributed by atoms with Gasteiger partial charge in [0.15, 0.2) is 16.9 Å². The summed E-state index contributed by atoms with van der Waals surface area (Å²) in [5.41, 5.74) is 1.35. The van der Waals surface area contributed by atoms with Crippen molar-refractivity contribution in [3.63, 3.8) is 0 Å². The SMILES string of the molecule is O=P(O)(O)CP(=O)(O)OC[C@H]1O[C@@H](c2ncc3c(NC4CC5CCC4C5)cc(Cl)nn23)[C@H](O)[C@@H]1O. The number of ether oxygens (including phenoxy) is 1. The fourth-order valence-electron chi connectivity index (χ4n) is 5.46. The van der Waals surface area contributed by atoms with Gasteiger partial charge < -0.3 is 39.5 Å². The zero-order chi connectivity index (χ0) is 25.1. The number of fused-ring (bicyclic) bond motifs is 3. The van der Waals surface area contributed by atoms with E-state index in [1.807, 2.05) is 0 Å². The van der Waals surface area contributed by atoms with Crippen molar-refractivity contribution in [1.82, 2.24) is 14.6 Å². The fourth-order valence-corrected chi connectivity index (χ4v) is 8.21. The van der Waals surface area contributed by atoms with Crippen LogP contribution < -0.4 is 5.32 Å². The Kier molecular flexibility index (Phi) is 6.80. The van der Waals surface area contributed by atoms with Gasteiger partial charge in [-0.25, -0.2) is 9.50 Å². The average Bonchev–Trinajstić information content (AvgIpc) is 3.51. The topological polar surface area (TPSA) is 196 Å². The van der Waals surface area contributed by atoms with Crippen LogP contribution >= 0.6 is 26.8 Å². The largest absolute Gasteiger partial charge is 0.387 e. The number of imidazole rings is 1. The van der Waals surface area contributed by atoms with Crippen molar-refractivity contribution in [3.8, 4) is 0 Å². The van der Waals surface area contributed by atoms with E-state index in [9.17, 15) is 24.2 Å². The lowest BCUT2D eigenvalue weighted by Crippen LogP contribution is -2.33. The van der Waals surface area contributed by atoms with E-state index in [0.29, 0.717) is 17.5 Å². The van der Waals surface area contributed by atoms with Crippen LogP contribution in [-0.4, -0.2) is 76.4 Å². The van der Waals surface area contributed by atoms with Crippen LogP contribution in [0.15, 0.2) is 12.3 Å². The first kappa shape index (κ1) is 25.5. The van der Waals surface area contributed by atoms with Crippen molar-refractivity contribution in [2.75, 3.05) is 17.8 Å². The Morgan fingerprint density at radius 3 is 2.63 bits per heavy atom. The number of hydrogen-bond acceptors (Lipinski definition) is 9. The van der Waals surface area contributed by atoms with Gasteiger partial charge in [-0.15, -0.1) is 0 Å². The van der Waals surface area contributed by atoms with Crippen molar-refractivity contribution >= 4 is 38.0 Å². The van der Waals surface area contributed by atoms with E-state index < -0.39 is 52.1 Å². The monoisotopic (exact) mass is 552 g/mol. The Labute approximate surface area is 205 Å². The minimum absolute atomic E-state index is 0.162. The van der Waals surface area contributed by atoms with Crippen LogP contribution in [-0.2, 0) is 18.4 Å². The number of anilines is 1. The summed E-state index contributed by atoms with van der Waals surface area (Å²) in [4.78, 5) is 31.8. The molecule has 3 heterocycles. The highest BCUT2D eigenvalue weighted by atomic mass is 35.5. The normalized spacial score (nSPS) is 34.5. The van der Waals surface area contributed by atoms with E-state index in [-0.39, 0.29) is 11.0 Å². The molecular formula is C19H27ClN4O9P2. The predicted octanol–water partition coefficient (Wildman–Crippen LogP) is 1.48. The van der Waals surface area contributed by atoms with Gasteiger partial charge in [0.25, 0.3) is 0 Å². The maximum absolute atomic E-state index is 11.9. The number of aliphatic hydroxyl groups excluding tert-OH is 2. The Morgan fingerprint density at radius 2 is 1.97 bits per heavy atom. The molecule has 1 saturated heterocycles. The summed E-state index contributed by atoms with van der Waals surface area (Å²) >= 11 is 6.28. The predicted molar refractivity (Wildman–Crippen MR) is 123 cm³/mol. The van der Waals surface area contributed by atoms with Gasteiger partial charge in [0, 0.05) is 12.1 Å². The first-order chi connectivity index (χ1) is 16.4. The Morgan fingerprint density at radius 1 is 1.20 bits per heavy atom. The second-order valence-electron chi connectivity index (χ2n) is 9.54. The third-order valence-electron chi connectivity index (χ3n) is 7.00. The van der Waals surface area contributed by atoms with Crippen molar-refractivity contribution in [2.24, 2.45) is 11.8 Å². The molecule has 2 bridgehead atoms. The molecule has 4 unspecified atom stereocenters. The number of aromatic nitrogens is 3. The molecule has 3 aliphatic rings. The summed E-state index contributed by atoms with van der Waals surface area (Å²) in [6.45, 7) is -0.683. The maximum atomic E-state index is 11.9. The van der Waals surface area contributed by atoms with Gasteiger partial charge in [0.2, 0.25) is 0 Å². The zero-order valence-corrected chi connectivity index (χ0v) is 21.0. The second-order valence-corrected chi connectivity index (χ2v) is 13.9. The Balaban J connectivity index is 1.34. The Hall–Kier alpha value is -1.11. The highest BCUT2D eigenvalue weighted by Crippen LogP contribution is 2.55. The third-order valence-corrected chi connectivity index (χ3v) is 10.6. The van der Waals surface area contributed by atoms with Gasteiger partial charge in [0.1, 0.15) is 29.9 Å². The first-order valence-corrected chi connectivity index (χ1v) is 15.2. The van der Waals surface area contributed by atoms with Crippen LogP contribution in [0, 0.1) is 11.8 Å². The molecular weight excluding hydrogens is 526 g/mol. The van der Waals surface area contributed by atoms with Crippen molar-refractivity contribution in [2.45, 2.75) is 56.1 Å². The van der Waals surface area contributed by atoms with E-state index in [1.54, 1.807) is 12.3 Å². The average molecular weight is 553 g/mol.